The molecule has 10 amide bonds. The molecular weight excluding hydrogens is 1220 g/mol. The lowest BCUT2D eigenvalue weighted by atomic mass is 9.98. The Labute approximate surface area is 536 Å². The summed E-state index contributed by atoms with van der Waals surface area (Å²) in [4.78, 5) is 212. The number of rotatable bonds is 8. The van der Waals surface area contributed by atoms with Gasteiger partial charge in [-0.25, -0.2) is 14.6 Å². The predicted octanol–water partition coefficient (Wildman–Crippen LogP) is -2.01. The van der Waals surface area contributed by atoms with E-state index in [1.54, 1.807) is 41.5 Å². The highest BCUT2D eigenvalue weighted by molar-refractivity contribution is 6.11. The van der Waals surface area contributed by atoms with E-state index >= 15 is 9.59 Å². The number of cyclic esters (lactones) is 2. The van der Waals surface area contributed by atoms with Crippen molar-refractivity contribution in [2.24, 2.45) is 17.8 Å². The van der Waals surface area contributed by atoms with E-state index in [2.05, 4.69) is 21.3 Å². The van der Waals surface area contributed by atoms with E-state index in [-0.39, 0.29) is 34.4 Å². The van der Waals surface area contributed by atoms with Gasteiger partial charge in [-0.3, -0.25) is 57.5 Å². The van der Waals surface area contributed by atoms with Crippen LogP contribution >= 0.6 is 0 Å². The molecule has 1 aliphatic carbocycles. The summed E-state index contributed by atoms with van der Waals surface area (Å²) < 4.78 is 17.9. The first-order valence-corrected chi connectivity index (χ1v) is 30.6. The van der Waals surface area contributed by atoms with Crippen LogP contribution in [0, 0.1) is 31.6 Å². The molecule has 1 aromatic carbocycles. The van der Waals surface area contributed by atoms with Crippen LogP contribution in [0.3, 0.4) is 0 Å². The van der Waals surface area contributed by atoms with Crippen LogP contribution in [0.4, 0.5) is 5.69 Å². The molecule has 0 radical (unpaired) electrons. The van der Waals surface area contributed by atoms with Crippen molar-refractivity contribution in [2.75, 3.05) is 53.6 Å². The quantitative estimate of drug-likeness (QED) is 0.0728. The van der Waals surface area contributed by atoms with Crippen LogP contribution in [-0.2, 0) is 62.2 Å². The number of nitrogens with one attached hydrogen (secondary N) is 4. The molecule has 93 heavy (non-hydrogen) atoms. The summed E-state index contributed by atoms with van der Waals surface area (Å²) in [5.74, 6) is -14.9. The lowest BCUT2D eigenvalue weighted by Gasteiger charge is -2.37. The number of benzene rings is 2. The van der Waals surface area contributed by atoms with Crippen molar-refractivity contribution < 1.29 is 86.4 Å². The molecule has 8 N–H and O–H groups in total. The number of fused-ring (bicyclic) bond motifs is 4. The zero-order valence-electron chi connectivity index (χ0n) is 55.0. The van der Waals surface area contributed by atoms with Gasteiger partial charge < -0.3 is 80.5 Å². The van der Waals surface area contributed by atoms with Crippen LogP contribution < -0.4 is 32.4 Å². The molecule has 0 aromatic heterocycles. The van der Waals surface area contributed by atoms with Gasteiger partial charge in [-0.2, -0.15) is 0 Å². The number of ketones is 1. The Morgan fingerprint density at radius 1 is 0.699 bits per heavy atom. The van der Waals surface area contributed by atoms with Crippen molar-refractivity contribution in [2.45, 2.75) is 175 Å². The van der Waals surface area contributed by atoms with E-state index < -0.39 is 222 Å². The van der Waals surface area contributed by atoms with Crippen LogP contribution in [0.5, 0.6) is 0 Å². The van der Waals surface area contributed by atoms with Crippen molar-refractivity contribution >= 4 is 93.6 Å². The van der Waals surface area contributed by atoms with Gasteiger partial charge in [-0.05, 0) is 77.3 Å². The van der Waals surface area contributed by atoms with Gasteiger partial charge in [0.05, 0.1) is 48.7 Å². The highest BCUT2D eigenvalue weighted by atomic mass is 16.6. The molecule has 5 aliphatic heterocycles. The van der Waals surface area contributed by atoms with Gasteiger partial charge in [0.1, 0.15) is 65.6 Å². The minimum absolute atomic E-state index is 0.0373. The number of aliphatic hydroxyl groups is 2. The van der Waals surface area contributed by atoms with Crippen molar-refractivity contribution in [3.05, 3.63) is 44.6 Å². The summed E-state index contributed by atoms with van der Waals surface area (Å²) in [5, 5.41) is 32.4. The SMILES string of the molecule is Cc1c2oc3c(C)ccc(C(=O)N[C@@H]4C(=O)N[C@H](C(C)C)C(=O)N5[C@H](C(=O)N(C)CC(=O)N(C)[C@@H](C(C)C)C(=O)O[C@@H]4C)[C@@H](O)C[C@@H]5C)c3nc-2c(C(=O)N[C@@H]2C(=O)N[C@H](C(C)C)C(=O)N3[C@@H](C)C(=O)C[C@H]3C(=O)N(C)CC(=O)N(C)[C@@H](C)C(=O)O[C@@H]2CO)c(N)c1=O. The van der Waals surface area contributed by atoms with Crippen molar-refractivity contribution in [3.8, 4) is 11.5 Å². The normalized spacial score (nSPS) is 28.1. The fraction of sp³-hybridized carbons (Fsp3) is 0.597. The lowest BCUT2D eigenvalue weighted by Crippen LogP contribution is -2.62. The standard InChI is InChI=1S/C62H84N12O19/c1-24(2)42-58(86)73-28(8)19-36(77)49(73)60(88)70(14)22-39(79)72(16)48(26(5)6)62(90)91-32(12)44(55(83)65-42)67-53(81)33-18-17-27(7)51-45(33)64-47-40(41(63)50(80)29(9)52(47)93-51)54(82)68-46-37(23-75)92-61(89)31(11)71(15)38(78)21-69(13)57(85)34-20-35(76)30(10)74(34)59(87)43(25(3)4)66-56(46)84/h17-18,24-26,28,30-32,34,36-37,42-44,46,48-49,75,77H,19-23,63H2,1-16H3,(H,65,83)(H,66,84)(H,67,81)(H,68,82)/t28-,30-,31-,32+,34-,36-,37+,42+,43+,44-,46-,48-,49-/m0/s1. The van der Waals surface area contributed by atoms with Gasteiger partial charge in [0.15, 0.2) is 23.2 Å². The number of aromatic nitrogens is 1. The molecule has 506 valence electrons. The van der Waals surface area contributed by atoms with E-state index in [4.69, 9.17) is 24.6 Å². The van der Waals surface area contributed by atoms with E-state index in [1.807, 2.05) is 0 Å². The van der Waals surface area contributed by atoms with Crippen LogP contribution in [0.2, 0.25) is 0 Å². The van der Waals surface area contributed by atoms with Gasteiger partial charge >= 0.3 is 11.9 Å². The van der Waals surface area contributed by atoms with E-state index in [0.717, 1.165) is 29.4 Å². The number of hydrogen-bond acceptors (Lipinski definition) is 21. The summed E-state index contributed by atoms with van der Waals surface area (Å²) >= 11 is 0. The maximum absolute atomic E-state index is 15.2. The third-order valence-corrected chi connectivity index (χ3v) is 17.9. The summed E-state index contributed by atoms with van der Waals surface area (Å²) in [7, 11) is 5.11. The minimum Gasteiger partial charge on any atom is -0.458 e. The molecule has 4 fully saturated rings. The average Bonchev–Trinajstić information content (AvgIpc) is 1.48. The molecule has 13 atom stereocenters. The number of Topliss-reactive ketones (excluding diaryl/α,β-unsaturated/α-hetero) is 1. The van der Waals surface area contributed by atoms with Crippen LogP contribution in [0.1, 0.15) is 114 Å². The number of amides is 10. The molecule has 0 spiro atoms. The number of likely N-dealkylation sites (N-methyl/N-ethyl adjacent to an activating group) is 4. The third kappa shape index (κ3) is 13.8. The smallest absolute Gasteiger partial charge is 0.329 e. The van der Waals surface area contributed by atoms with E-state index in [9.17, 15) is 67.7 Å². The zero-order valence-corrected chi connectivity index (χ0v) is 55.0. The maximum Gasteiger partial charge on any atom is 0.329 e. The Morgan fingerprint density at radius 3 is 1.82 bits per heavy atom. The Hall–Kier alpha value is -9.13. The molecule has 0 saturated carbocycles. The summed E-state index contributed by atoms with van der Waals surface area (Å²) in [6.07, 6.45) is -5.48. The third-order valence-electron chi connectivity index (χ3n) is 17.9. The van der Waals surface area contributed by atoms with E-state index in [0.29, 0.717) is 5.56 Å². The van der Waals surface area contributed by atoms with Crippen molar-refractivity contribution in [1.29, 1.82) is 0 Å². The molecule has 31 heteroatoms. The Kier molecular flexibility index (Phi) is 21.5. The van der Waals surface area contributed by atoms with Gasteiger partial charge in [0, 0.05) is 46.2 Å². The number of nitrogens with two attached hydrogens (primary N) is 1. The highest BCUT2D eigenvalue weighted by Crippen LogP contribution is 2.36. The maximum atomic E-state index is 15.2. The fourth-order valence-corrected chi connectivity index (χ4v) is 12.2. The summed E-state index contributed by atoms with van der Waals surface area (Å²) in [6, 6.07) is -12.0. The molecule has 0 bridgehead atoms. The molecule has 5 heterocycles. The van der Waals surface area contributed by atoms with Crippen LogP contribution in [-0.4, -0.2) is 248 Å². The molecule has 6 aliphatic rings. The van der Waals surface area contributed by atoms with Crippen molar-refractivity contribution in [3.63, 3.8) is 0 Å². The Bertz CT molecular complexity index is 3590. The monoisotopic (exact) mass is 1300 g/mol. The second-order valence-corrected chi connectivity index (χ2v) is 25.6. The first-order chi connectivity index (χ1) is 43.4. The number of carbonyl (C=O) groups excluding carboxylic acids is 13. The molecule has 31 nitrogen and oxygen atoms in total. The number of ether oxygens (including phenoxy) is 2. The van der Waals surface area contributed by atoms with Crippen LogP contribution in [0.15, 0.2) is 21.3 Å². The predicted molar refractivity (Wildman–Crippen MR) is 329 cm³/mol. The number of aliphatic hydroxyl groups excluding tert-OH is 2. The number of esters is 2. The molecule has 1 aromatic rings. The Balaban J connectivity index is 1.34. The first-order valence-electron chi connectivity index (χ1n) is 30.6. The Morgan fingerprint density at radius 2 is 1.25 bits per heavy atom. The van der Waals surface area contributed by atoms with Gasteiger partial charge in [-0.1, -0.05) is 47.6 Å². The summed E-state index contributed by atoms with van der Waals surface area (Å²) in [6.45, 7) is 15.5. The molecule has 7 rings (SSSR count). The molecular formula is C62H84N12O19. The minimum atomic E-state index is -2.20. The number of nitrogen functional groups attached to an aromatic ring is 1. The number of aryl methyl sites for hydroxylation is 1. The zero-order chi connectivity index (χ0) is 69.6. The van der Waals surface area contributed by atoms with Crippen molar-refractivity contribution in [1.82, 2.24) is 55.7 Å². The average molecular weight is 1300 g/mol. The largest absolute Gasteiger partial charge is 0.458 e. The number of hydrogen-bond donors (Lipinski definition) is 7. The van der Waals surface area contributed by atoms with Gasteiger partial charge in [0.25, 0.3) is 11.8 Å². The van der Waals surface area contributed by atoms with Gasteiger partial charge in [-0.15, -0.1) is 0 Å². The second-order valence-electron chi connectivity index (χ2n) is 25.6. The fourth-order valence-electron chi connectivity index (χ4n) is 12.2. The summed E-state index contributed by atoms with van der Waals surface area (Å²) in [5.41, 5.74) is 2.69. The molecule has 0 unspecified atom stereocenters. The number of nitrogens with zero attached hydrogens (tertiary/aromatic N) is 7. The number of carbonyl (C=O) groups is 13. The highest BCUT2D eigenvalue weighted by Gasteiger charge is 2.52. The molecule has 4 saturated heterocycles. The number of anilines is 1. The van der Waals surface area contributed by atoms with Crippen LogP contribution in [0.25, 0.3) is 22.6 Å². The van der Waals surface area contributed by atoms with E-state index in [1.165, 1.54) is 81.9 Å². The second kappa shape index (κ2) is 28.0. The lowest BCUT2D eigenvalue weighted by molar-refractivity contribution is -0.163. The topological polar surface area (TPSA) is 418 Å². The first kappa shape index (κ1) is 71.3. The van der Waals surface area contributed by atoms with Gasteiger partial charge in [0.2, 0.25) is 52.7 Å².